The minimum atomic E-state index is -4.00. The van der Waals surface area contributed by atoms with Gasteiger partial charge in [0.2, 0.25) is 5.91 Å². The van der Waals surface area contributed by atoms with E-state index in [1.54, 1.807) is 42.5 Å². The number of rotatable bonds is 2. The maximum absolute atomic E-state index is 12.9. The first-order valence-corrected chi connectivity index (χ1v) is 9.75. The van der Waals surface area contributed by atoms with Crippen LogP contribution in [0.1, 0.15) is 11.5 Å². The Kier molecular flexibility index (Phi) is 3.96. The van der Waals surface area contributed by atoms with Gasteiger partial charge in [0.15, 0.2) is 0 Å². The van der Waals surface area contributed by atoms with Gasteiger partial charge >= 0.3 is 0 Å². The summed E-state index contributed by atoms with van der Waals surface area (Å²) >= 11 is 0. The number of para-hydroxylation sites is 1. The van der Waals surface area contributed by atoms with Gasteiger partial charge in [-0.05, 0) is 40.6 Å². The average molecular weight is 380 g/mol. The van der Waals surface area contributed by atoms with Gasteiger partial charge in [-0.3, -0.25) is 9.59 Å². The van der Waals surface area contributed by atoms with E-state index in [9.17, 15) is 18.0 Å². The van der Waals surface area contributed by atoms with E-state index in [1.165, 1.54) is 13.1 Å². The molecule has 1 aliphatic heterocycles. The van der Waals surface area contributed by atoms with E-state index >= 15 is 0 Å². The molecule has 0 saturated heterocycles. The Morgan fingerprint density at radius 1 is 0.963 bits per heavy atom. The van der Waals surface area contributed by atoms with Gasteiger partial charge < -0.3 is 5.32 Å². The average Bonchev–Trinajstić information content (AvgIpc) is 2.66. The molecular formula is C20H16N2O4S. The van der Waals surface area contributed by atoms with E-state index in [1.807, 2.05) is 18.2 Å². The number of benzene rings is 3. The maximum atomic E-state index is 12.9. The predicted octanol–water partition coefficient (Wildman–Crippen LogP) is 2.72. The number of hydrogen-bond donors (Lipinski definition) is 1. The molecule has 0 spiro atoms. The largest absolute Gasteiger partial charge is 0.325 e. The van der Waals surface area contributed by atoms with Crippen molar-refractivity contribution in [2.75, 3.05) is 12.4 Å². The quantitative estimate of drug-likeness (QED) is 0.693. The first-order valence-electron chi connectivity index (χ1n) is 8.31. The second kappa shape index (κ2) is 6.21. The molecule has 1 unspecified atom stereocenters. The van der Waals surface area contributed by atoms with Crippen LogP contribution in [0.4, 0.5) is 5.69 Å². The molecule has 1 N–H and O–H groups in total. The van der Waals surface area contributed by atoms with E-state index in [2.05, 4.69) is 5.32 Å². The third-order valence-electron chi connectivity index (χ3n) is 4.69. The Labute approximate surface area is 156 Å². The summed E-state index contributed by atoms with van der Waals surface area (Å²) in [6.07, 6.45) is 0. The van der Waals surface area contributed by atoms with Crippen LogP contribution < -0.4 is 5.32 Å². The lowest BCUT2D eigenvalue weighted by atomic mass is 9.94. The lowest BCUT2D eigenvalue weighted by molar-refractivity contribution is -0.132. The van der Waals surface area contributed by atoms with E-state index < -0.39 is 27.8 Å². The molecule has 0 bridgehead atoms. The Morgan fingerprint density at radius 2 is 1.56 bits per heavy atom. The summed E-state index contributed by atoms with van der Waals surface area (Å²) in [6, 6.07) is 19.1. The Bertz CT molecular complexity index is 1170. The molecule has 1 heterocycles. The van der Waals surface area contributed by atoms with Gasteiger partial charge in [0.1, 0.15) is 5.92 Å². The molecule has 0 aliphatic carbocycles. The van der Waals surface area contributed by atoms with E-state index in [0.717, 1.165) is 10.8 Å². The standard InChI is InChI=1S/C20H16N2O4S/c1-22-20(24)18(19(23)21-15-9-3-2-4-10-15)16-11-13-7-5-6-8-14(13)12-17(16)27(22,25)26/h2-12,18H,1H3,(H,21,23). The van der Waals surface area contributed by atoms with Gasteiger partial charge in [0.25, 0.3) is 15.9 Å². The summed E-state index contributed by atoms with van der Waals surface area (Å²) < 4.78 is 26.2. The number of carbonyl (C=O) groups is 2. The van der Waals surface area contributed by atoms with Crippen LogP contribution in [0.2, 0.25) is 0 Å². The van der Waals surface area contributed by atoms with Crippen LogP contribution in [0.5, 0.6) is 0 Å². The third-order valence-corrected chi connectivity index (χ3v) is 6.50. The minimum absolute atomic E-state index is 0.0171. The van der Waals surface area contributed by atoms with Crippen molar-refractivity contribution >= 4 is 38.3 Å². The number of likely N-dealkylation sites (N-methyl/N-ethyl adjacent to an activating group) is 1. The van der Waals surface area contributed by atoms with Crippen molar-refractivity contribution in [1.82, 2.24) is 4.31 Å². The summed E-state index contributed by atoms with van der Waals surface area (Å²) in [5.74, 6) is -2.57. The summed E-state index contributed by atoms with van der Waals surface area (Å²) in [4.78, 5) is 25.6. The highest BCUT2D eigenvalue weighted by Crippen LogP contribution is 2.37. The van der Waals surface area contributed by atoms with Crippen LogP contribution in [-0.4, -0.2) is 31.6 Å². The number of fused-ring (bicyclic) bond motifs is 2. The first kappa shape index (κ1) is 17.2. The van der Waals surface area contributed by atoms with Gasteiger partial charge in [-0.2, -0.15) is 0 Å². The zero-order chi connectivity index (χ0) is 19.2. The molecule has 1 atom stereocenters. The summed E-state index contributed by atoms with van der Waals surface area (Å²) in [5.41, 5.74) is 0.735. The molecule has 0 aromatic heterocycles. The third kappa shape index (κ3) is 2.76. The molecule has 136 valence electrons. The second-order valence-electron chi connectivity index (χ2n) is 6.34. The molecule has 0 saturated carbocycles. The molecule has 1 aliphatic rings. The second-order valence-corrected chi connectivity index (χ2v) is 8.27. The molecule has 3 aromatic rings. The summed E-state index contributed by atoms with van der Waals surface area (Å²) in [5, 5.41) is 4.19. The normalized spacial score (nSPS) is 18.2. The van der Waals surface area contributed by atoms with E-state index in [0.29, 0.717) is 9.99 Å². The highest BCUT2D eigenvalue weighted by atomic mass is 32.2. The fourth-order valence-electron chi connectivity index (χ4n) is 3.26. The number of nitrogens with zero attached hydrogens (tertiary/aromatic N) is 1. The molecule has 0 fully saturated rings. The van der Waals surface area contributed by atoms with Crippen LogP contribution in [0.3, 0.4) is 0 Å². The minimum Gasteiger partial charge on any atom is -0.325 e. The number of amides is 2. The van der Waals surface area contributed by atoms with Crippen LogP contribution in [-0.2, 0) is 19.6 Å². The fraction of sp³-hybridized carbons (Fsp3) is 0.100. The predicted molar refractivity (Wildman–Crippen MR) is 102 cm³/mol. The zero-order valence-corrected chi connectivity index (χ0v) is 15.2. The van der Waals surface area contributed by atoms with E-state index in [4.69, 9.17) is 0 Å². The van der Waals surface area contributed by atoms with Crippen molar-refractivity contribution in [2.45, 2.75) is 10.8 Å². The van der Waals surface area contributed by atoms with Crippen molar-refractivity contribution in [1.29, 1.82) is 0 Å². The van der Waals surface area contributed by atoms with Gasteiger partial charge in [0, 0.05) is 12.7 Å². The van der Waals surface area contributed by atoms with Crippen LogP contribution in [0.25, 0.3) is 10.8 Å². The molecule has 7 heteroatoms. The van der Waals surface area contributed by atoms with Crippen LogP contribution in [0.15, 0.2) is 71.6 Å². The molecule has 4 rings (SSSR count). The van der Waals surface area contributed by atoms with Crippen molar-refractivity contribution in [3.8, 4) is 0 Å². The van der Waals surface area contributed by atoms with Gasteiger partial charge in [-0.1, -0.05) is 42.5 Å². The lowest BCUT2D eigenvalue weighted by Gasteiger charge is -2.30. The smallest absolute Gasteiger partial charge is 0.266 e. The zero-order valence-electron chi connectivity index (χ0n) is 14.4. The Morgan fingerprint density at radius 3 is 2.22 bits per heavy atom. The number of hydrogen-bond acceptors (Lipinski definition) is 4. The topological polar surface area (TPSA) is 83.6 Å². The van der Waals surface area contributed by atoms with Crippen LogP contribution in [0, 0.1) is 0 Å². The monoisotopic (exact) mass is 380 g/mol. The molecule has 3 aromatic carbocycles. The van der Waals surface area contributed by atoms with Crippen LogP contribution >= 0.6 is 0 Å². The van der Waals surface area contributed by atoms with Crippen molar-refractivity contribution < 1.29 is 18.0 Å². The number of nitrogens with one attached hydrogen (secondary N) is 1. The van der Waals surface area contributed by atoms with Gasteiger partial charge in [0.05, 0.1) is 4.90 Å². The Balaban J connectivity index is 1.89. The molecule has 2 amide bonds. The summed E-state index contributed by atoms with van der Waals surface area (Å²) in [6.45, 7) is 0. The first-order chi connectivity index (χ1) is 12.9. The molecular weight excluding hydrogens is 364 g/mol. The highest BCUT2D eigenvalue weighted by molar-refractivity contribution is 7.89. The molecule has 6 nitrogen and oxygen atoms in total. The van der Waals surface area contributed by atoms with Crippen molar-refractivity contribution in [2.24, 2.45) is 0 Å². The highest BCUT2D eigenvalue weighted by Gasteiger charge is 2.44. The lowest BCUT2D eigenvalue weighted by Crippen LogP contribution is -2.45. The molecule has 27 heavy (non-hydrogen) atoms. The molecule has 0 radical (unpaired) electrons. The number of anilines is 1. The van der Waals surface area contributed by atoms with Gasteiger partial charge in [-0.15, -0.1) is 0 Å². The van der Waals surface area contributed by atoms with Crippen molar-refractivity contribution in [3.05, 3.63) is 72.3 Å². The fourth-order valence-corrected chi connectivity index (χ4v) is 4.64. The van der Waals surface area contributed by atoms with E-state index in [-0.39, 0.29) is 10.5 Å². The summed E-state index contributed by atoms with van der Waals surface area (Å²) in [7, 11) is -2.82. The van der Waals surface area contributed by atoms with Gasteiger partial charge in [-0.25, -0.2) is 12.7 Å². The SMILES string of the molecule is CN1C(=O)C(C(=O)Nc2ccccc2)c2cc3ccccc3cc2S1(=O)=O. The Hall–Kier alpha value is -3.19. The number of sulfonamides is 1. The van der Waals surface area contributed by atoms with Crippen molar-refractivity contribution in [3.63, 3.8) is 0 Å². The number of carbonyl (C=O) groups excluding carboxylic acids is 2. The maximum Gasteiger partial charge on any atom is 0.266 e.